The lowest BCUT2D eigenvalue weighted by atomic mass is 10.2. The lowest BCUT2D eigenvalue weighted by Gasteiger charge is -2.11. The first-order valence-electron chi connectivity index (χ1n) is 8.30. The highest BCUT2D eigenvalue weighted by Crippen LogP contribution is 2.21. The van der Waals surface area contributed by atoms with Gasteiger partial charge in [0.05, 0.1) is 11.3 Å². The first kappa shape index (κ1) is 15.9. The quantitative estimate of drug-likeness (QED) is 0.592. The SMILES string of the molecule is O=C(Nc1ccccc1)c1ccccc1OCc1cn2ccccc2n1. The number of carbonyl (C=O) groups is 1. The maximum Gasteiger partial charge on any atom is 0.259 e. The summed E-state index contributed by atoms with van der Waals surface area (Å²) in [5.74, 6) is 0.319. The van der Waals surface area contributed by atoms with E-state index in [1.807, 2.05) is 77.5 Å². The van der Waals surface area contributed by atoms with Crippen LogP contribution in [0.1, 0.15) is 16.1 Å². The minimum atomic E-state index is -0.207. The molecule has 0 spiro atoms. The third kappa shape index (κ3) is 3.42. The van der Waals surface area contributed by atoms with Crippen molar-refractivity contribution in [2.24, 2.45) is 0 Å². The monoisotopic (exact) mass is 343 g/mol. The molecule has 1 amide bonds. The lowest BCUT2D eigenvalue weighted by Crippen LogP contribution is -2.13. The molecule has 1 N–H and O–H groups in total. The Kier molecular flexibility index (Phi) is 4.35. The van der Waals surface area contributed by atoms with Gasteiger partial charge in [-0.05, 0) is 36.4 Å². The number of hydrogen-bond acceptors (Lipinski definition) is 3. The van der Waals surface area contributed by atoms with Gasteiger partial charge in [-0.3, -0.25) is 4.79 Å². The number of para-hydroxylation sites is 2. The predicted molar refractivity (Wildman–Crippen MR) is 100 cm³/mol. The van der Waals surface area contributed by atoms with Crippen LogP contribution in [0.3, 0.4) is 0 Å². The fourth-order valence-corrected chi connectivity index (χ4v) is 2.71. The van der Waals surface area contributed by atoms with Crippen molar-refractivity contribution >= 4 is 17.2 Å². The topological polar surface area (TPSA) is 55.6 Å². The first-order valence-corrected chi connectivity index (χ1v) is 8.30. The second-order valence-electron chi connectivity index (χ2n) is 5.80. The zero-order valence-electron chi connectivity index (χ0n) is 14.0. The molecule has 0 saturated carbocycles. The molecule has 5 heteroatoms. The average molecular weight is 343 g/mol. The van der Waals surface area contributed by atoms with Crippen molar-refractivity contribution < 1.29 is 9.53 Å². The summed E-state index contributed by atoms with van der Waals surface area (Å²) in [4.78, 5) is 17.1. The molecule has 2 aromatic heterocycles. The van der Waals surface area contributed by atoms with Gasteiger partial charge in [0.2, 0.25) is 0 Å². The van der Waals surface area contributed by atoms with Crippen LogP contribution in [0.2, 0.25) is 0 Å². The maximum atomic E-state index is 12.6. The van der Waals surface area contributed by atoms with E-state index in [2.05, 4.69) is 10.3 Å². The Morgan fingerprint density at radius 3 is 2.58 bits per heavy atom. The Bertz CT molecular complexity index is 1010. The van der Waals surface area contributed by atoms with Gasteiger partial charge in [-0.25, -0.2) is 4.98 Å². The molecule has 2 aromatic carbocycles. The summed E-state index contributed by atoms with van der Waals surface area (Å²) in [6.07, 6.45) is 3.86. The van der Waals surface area contributed by atoms with Crippen molar-refractivity contribution in [3.05, 3.63) is 96.4 Å². The second kappa shape index (κ2) is 7.11. The Balaban J connectivity index is 1.51. The van der Waals surface area contributed by atoms with Crippen LogP contribution >= 0.6 is 0 Å². The van der Waals surface area contributed by atoms with Crippen molar-refractivity contribution in [3.63, 3.8) is 0 Å². The molecule has 0 fully saturated rings. The Hall–Kier alpha value is -3.60. The van der Waals surface area contributed by atoms with E-state index in [9.17, 15) is 4.79 Å². The van der Waals surface area contributed by atoms with Crippen molar-refractivity contribution in [2.45, 2.75) is 6.61 Å². The van der Waals surface area contributed by atoms with Crippen LogP contribution in [-0.4, -0.2) is 15.3 Å². The molecule has 5 nitrogen and oxygen atoms in total. The van der Waals surface area contributed by atoms with Gasteiger partial charge in [0.15, 0.2) is 0 Å². The lowest BCUT2D eigenvalue weighted by molar-refractivity contribution is 0.102. The molecule has 0 aliphatic rings. The van der Waals surface area contributed by atoms with Gasteiger partial charge in [-0.15, -0.1) is 0 Å². The molecule has 0 unspecified atom stereocenters. The number of nitrogens with zero attached hydrogens (tertiary/aromatic N) is 2. The smallest absolute Gasteiger partial charge is 0.259 e. The molecule has 0 atom stereocenters. The molecule has 0 aliphatic heterocycles. The van der Waals surface area contributed by atoms with E-state index >= 15 is 0 Å². The van der Waals surface area contributed by atoms with Gasteiger partial charge in [0.25, 0.3) is 5.91 Å². The maximum absolute atomic E-state index is 12.6. The fourth-order valence-electron chi connectivity index (χ4n) is 2.71. The van der Waals surface area contributed by atoms with Gasteiger partial charge in [0.1, 0.15) is 18.0 Å². The predicted octanol–water partition coefficient (Wildman–Crippen LogP) is 4.17. The minimum Gasteiger partial charge on any atom is -0.486 e. The highest BCUT2D eigenvalue weighted by Gasteiger charge is 2.13. The van der Waals surface area contributed by atoms with Crippen LogP contribution in [0.4, 0.5) is 5.69 Å². The van der Waals surface area contributed by atoms with Crippen LogP contribution in [0.25, 0.3) is 5.65 Å². The molecule has 26 heavy (non-hydrogen) atoms. The van der Waals surface area contributed by atoms with E-state index in [4.69, 9.17) is 4.74 Å². The Labute approximate surface area is 150 Å². The molecule has 0 saturated heterocycles. The fraction of sp³-hybridized carbons (Fsp3) is 0.0476. The molecular formula is C21H17N3O2. The molecule has 2 heterocycles. The largest absolute Gasteiger partial charge is 0.486 e. The van der Waals surface area contributed by atoms with E-state index in [0.717, 1.165) is 17.0 Å². The third-order valence-corrected chi connectivity index (χ3v) is 3.95. The number of benzene rings is 2. The summed E-state index contributed by atoms with van der Waals surface area (Å²) >= 11 is 0. The highest BCUT2D eigenvalue weighted by atomic mass is 16.5. The summed E-state index contributed by atoms with van der Waals surface area (Å²) in [5.41, 5.74) is 2.89. The standard InChI is InChI=1S/C21H17N3O2/c25-21(23-16-8-2-1-3-9-16)18-10-4-5-11-19(18)26-15-17-14-24-13-7-6-12-20(24)22-17/h1-14H,15H2,(H,23,25). The van der Waals surface area contributed by atoms with Crippen molar-refractivity contribution in [1.29, 1.82) is 0 Å². The van der Waals surface area contributed by atoms with Crippen LogP contribution < -0.4 is 10.1 Å². The molecule has 4 rings (SSSR count). The number of carbonyl (C=O) groups excluding carboxylic acids is 1. The van der Waals surface area contributed by atoms with Crippen LogP contribution in [-0.2, 0) is 6.61 Å². The molecule has 128 valence electrons. The Morgan fingerprint density at radius 1 is 0.962 bits per heavy atom. The van der Waals surface area contributed by atoms with Crippen molar-refractivity contribution in [2.75, 3.05) is 5.32 Å². The number of nitrogens with one attached hydrogen (secondary N) is 1. The second-order valence-corrected chi connectivity index (χ2v) is 5.80. The summed E-state index contributed by atoms with van der Waals surface area (Å²) in [7, 11) is 0. The van der Waals surface area contributed by atoms with Crippen LogP contribution in [0, 0.1) is 0 Å². The summed E-state index contributed by atoms with van der Waals surface area (Å²) in [6, 6.07) is 22.4. The number of imidazole rings is 1. The first-order chi connectivity index (χ1) is 12.8. The van der Waals surface area contributed by atoms with E-state index in [0.29, 0.717) is 11.3 Å². The number of anilines is 1. The van der Waals surface area contributed by atoms with E-state index in [-0.39, 0.29) is 12.5 Å². The van der Waals surface area contributed by atoms with E-state index < -0.39 is 0 Å². The summed E-state index contributed by atoms with van der Waals surface area (Å²) < 4.78 is 7.81. The van der Waals surface area contributed by atoms with Gasteiger partial charge in [0, 0.05) is 18.1 Å². The number of aromatic nitrogens is 2. The van der Waals surface area contributed by atoms with E-state index in [1.165, 1.54) is 0 Å². The number of hydrogen-bond donors (Lipinski definition) is 1. The number of rotatable bonds is 5. The minimum absolute atomic E-state index is 0.207. The number of pyridine rings is 1. The highest BCUT2D eigenvalue weighted by molar-refractivity contribution is 6.06. The number of fused-ring (bicyclic) bond motifs is 1. The van der Waals surface area contributed by atoms with Crippen LogP contribution in [0.15, 0.2) is 85.2 Å². The van der Waals surface area contributed by atoms with Gasteiger partial charge < -0.3 is 14.5 Å². The third-order valence-electron chi connectivity index (χ3n) is 3.95. The summed E-state index contributed by atoms with van der Waals surface area (Å²) in [6.45, 7) is 0.289. The Morgan fingerprint density at radius 2 is 1.73 bits per heavy atom. The molecular weight excluding hydrogens is 326 g/mol. The summed E-state index contributed by atoms with van der Waals surface area (Å²) in [5, 5.41) is 2.88. The average Bonchev–Trinajstić information content (AvgIpc) is 3.10. The zero-order chi connectivity index (χ0) is 17.8. The number of ether oxygens (including phenoxy) is 1. The van der Waals surface area contributed by atoms with Crippen molar-refractivity contribution in [3.8, 4) is 5.75 Å². The molecule has 0 radical (unpaired) electrons. The zero-order valence-corrected chi connectivity index (χ0v) is 14.0. The van der Waals surface area contributed by atoms with Crippen molar-refractivity contribution in [1.82, 2.24) is 9.38 Å². The molecule has 0 bridgehead atoms. The van der Waals surface area contributed by atoms with Gasteiger partial charge >= 0.3 is 0 Å². The molecule has 4 aromatic rings. The van der Waals surface area contributed by atoms with Gasteiger partial charge in [-0.1, -0.05) is 36.4 Å². The normalized spacial score (nSPS) is 10.6. The van der Waals surface area contributed by atoms with Crippen LogP contribution in [0.5, 0.6) is 5.75 Å². The van der Waals surface area contributed by atoms with E-state index in [1.54, 1.807) is 12.1 Å². The molecule has 0 aliphatic carbocycles. The number of amides is 1. The van der Waals surface area contributed by atoms with Gasteiger partial charge in [-0.2, -0.15) is 0 Å².